The van der Waals surface area contributed by atoms with E-state index in [0.29, 0.717) is 6.42 Å². The monoisotopic (exact) mass is 590 g/mol. The van der Waals surface area contributed by atoms with Gasteiger partial charge in [-0.2, -0.15) is 13.2 Å². The molecule has 1 heterocycles. The minimum absolute atomic E-state index is 0.0523. The van der Waals surface area contributed by atoms with E-state index in [1.165, 1.54) is 36.4 Å². The maximum absolute atomic E-state index is 13.1. The van der Waals surface area contributed by atoms with Crippen molar-refractivity contribution >= 4 is 27.5 Å². The smallest absolute Gasteiger partial charge is 0.416 e. The zero-order valence-electron chi connectivity index (χ0n) is 21.8. The zero-order chi connectivity index (χ0) is 29.6. The number of nitrogens with two attached hydrogens (primary N) is 1. The number of rotatable bonds is 10. The number of sulfonamides is 1. The first-order valence-electron chi connectivity index (χ1n) is 12.8. The number of nitrogens with one attached hydrogen (secondary N) is 3. The summed E-state index contributed by atoms with van der Waals surface area (Å²) in [4.78, 5) is 24.6. The number of carbonyl (C=O) groups excluding carboxylic acids is 2. The van der Waals surface area contributed by atoms with E-state index in [4.69, 9.17) is 10.5 Å². The first-order valence-corrected chi connectivity index (χ1v) is 14.3. The summed E-state index contributed by atoms with van der Waals surface area (Å²) < 4.78 is 72.7. The van der Waals surface area contributed by atoms with Gasteiger partial charge in [0.1, 0.15) is 11.8 Å². The number of anilines is 1. The van der Waals surface area contributed by atoms with Crippen LogP contribution in [0.25, 0.3) is 0 Å². The number of para-hydroxylation sites is 2. The van der Waals surface area contributed by atoms with Gasteiger partial charge in [0.2, 0.25) is 5.91 Å². The minimum Gasteiger partial charge on any atom is -0.455 e. The average Bonchev–Trinajstić information content (AvgIpc) is 2.94. The SMILES string of the molecule is NC(=O)C(CC1CCNCC1)NC(=O)c1ccc(S(=O)(=O)Nc2ccccc2Oc2ccc(C(F)(F)F)cc2)cc1. The normalized spacial score (nSPS) is 15.1. The Morgan fingerprint density at radius 2 is 1.61 bits per heavy atom. The van der Waals surface area contributed by atoms with Crippen LogP contribution in [0.15, 0.2) is 77.7 Å². The van der Waals surface area contributed by atoms with Crippen molar-refractivity contribution in [1.82, 2.24) is 10.6 Å². The maximum Gasteiger partial charge on any atom is 0.416 e. The number of hydrogen-bond donors (Lipinski definition) is 4. The molecule has 0 spiro atoms. The first kappa shape index (κ1) is 29.9. The number of amides is 2. The Morgan fingerprint density at radius 1 is 0.976 bits per heavy atom. The van der Waals surface area contributed by atoms with Gasteiger partial charge in [-0.15, -0.1) is 0 Å². The Kier molecular flexibility index (Phi) is 9.18. The van der Waals surface area contributed by atoms with Crippen molar-refractivity contribution < 1.29 is 35.9 Å². The number of piperidine rings is 1. The molecule has 3 aromatic rings. The highest BCUT2D eigenvalue weighted by molar-refractivity contribution is 7.92. The largest absolute Gasteiger partial charge is 0.455 e. The molecule has 0 saturated carbocycles. The summed E-state index contributed by atoms with van der Waals surface area (Å²) in [5.74, 6) is -0.807. The van der Waals surface area contributed by atoms with Gasteiger partial charge in [-0.05, 0) is 98.9 Å². The summed E-state index contributed by atoms with van der Waals surface area (Å²) in [6.07, 6.45) is -2.33. The van der Waals surface area contributed by atoms with Crippen molar-refractivity contribution in [2.24, 2.45) is 11.7 Å². The highest BCUT2D eigenvalue weighted by Gasteiger charge is 2.30. The number of alkyl halides is 3. The van der Waals surface area contributed by atoms with Crippen LogP contribution in [0.5, 0.6) is 11.5 Å². The molecule has 13 heteroatoms. The Balaban J connectivity index is 1.43. The minimum atomic E-state index is -4.50. The first-order chi connectivity index (χ1) is 19.4. The van der Waals surface area contributed by atoms with Gasteiger partial charge >= 0.3 is 6.18 Å². The van der Waals surface area contributed by atoms with Crippen LogP contribution >= 0.6 is 0 Å². The Labute approximate surface area is 235 Å². The maximum atomic E-state index is 13.1. The summed E-state index contributed by atoms with van der Waals surface area (Å²) >= 11 is 0. The lowest BCUT2D eigenvalue weighted by atomic mass is 9.90. The summed E-state index contributed by atoms with van der Waals surface area (Å²) in [5.41, 5.74) is 4.86. The van der Waals surface area contributed by atoms with Gasteiger partial charge in [0, 0.05) is 5.56 Å². The van der Waals surface area contributed by atoms with E-state index in [-0.39, 0.29) is 33.6 Å². The predicted molar refractivity (Wildman–Crippen MR) is 146 cm³/mol. The molecular weight excluding hydrogens is 561 g/mol. The Hall–Kier alpha value is -4.10. The summed E-state index contributed by atoms with van der Waals surface area (Å²) in [6.45, 7) is 1.67. The van der Waals surface area contributed by atoms with Crippen molar-refractivity contribution in [3.8, 4) is 11.5 Å². The number of primary amides is 1. The molecule has 3 aromatic carbocycles. The number of hydrogen-bond acceptors (Lipinski definition) is 6. The molecule has 1 aliphatic rings. The van der Waals surface area contributed by atoms with Gasteiger partial charge in [-0.1, -0.05) is 12.1 Å². The third-order valence-electron chi connectivity index (χ3n) is 6.64. The molecule has 1 atom stereocenters. The van der Waals surface area contributed by atoms with E-state index in [2.05, 4.69) is 15.4 Å². The van der Waals surface area contributed by atoms with Crippen LogP contribution in [-0.2, 0) is 21.0 Å². The van der Waals surface area contributed by atoms with E-state index in [0.717, 1.165) is 50.2 Å². The van der Waals surface area contributed by atoms with E-state index in [9.17, 15) is 31.2 Å². The molecule has 0 bridgehead atoms. The molecule has 1 saturated heterocycles. The van der Waals surface area contributed by atoms with Gasteiger partial charge in [0.05, 0.1) is 16.1 Å². The summed E-state index contributed by atoms with van der Waals surface area (Å²) in [5, 5.41) is 5.88. The molecule has 41 heavy (non-hydrogen) atoms. The van der Waals surface area contributed by atoms with Crippen LogP contribution in [0, 0.1) is 5.92 Å². The highest BCUT2D eigenvalue weighted by atomic mass is 32.2. The van der Waals surface area contributed by atoms with Crippen molar-refractivity contribution in [2.45, 2.75) is 36.4 Å². The van der Waals surface area contributed by atoms with Gasteiger partial charge in [-0.3, -0.25) is 14.3 Å². The number of ether oxygens (including phenoxy) is 1. The summed E-state index contributed by atoms with van der Waals surface area (Å²) in [6, 6.07) is 14.3. The number of carbonyl (C=O) groups is 2. The lowest BCUT2D eigenvalue weighted by molar-refractivity contribution is -0.137. The third kappa shape index (κ3) is 7.98. The molecule has 1 unspecified atom stereocenters. The quantitative estimate of drug-likeness (QED) is 0.278. The summed E-state index contributed by atoms with van der Waals surface area (Å²) in [7, 11) is -4.14. The van der Waals surface area contributed by atoms with Crippen LogP contribution in [0.2, 0.25) is 0 Å². The molecule has 2 amide bonds. The lowest BCUT2D eigenvalue weighted by Crippen LogP contribution is -2.46. The lowest BCUT2D eigenvalue weighted by Gasteiger charge is -2.26. The number of benzene rings is 3. The Bertz CT molecular complexity index is 1470. The van der Waals surface area contributed by atoms with Gasteiger partial charge < -0.3 is 21.1 Å². The van der Waals surface area contributed by atoms with Crippen molar-refractivity contribution in [2.75, 3.05) is 17.8 Å². The Morgan fingerprint density at radius 3 is 2.22 bits per heavy atom. The molecular formula is C28H29F3N4O5S. The topological polar surface area (TPSA) is 140 Å². The standard InChI is InChI=1S/C28H29F3N4O5S/c29-28(30,31)20-7-9-21(10-8-20)40-25-4-2-1-3-23(25)35-41(38,39)22-11-5-19(6-12-22)27(37)34-24(26(32)36)17-18-13-15-33-16-14-18/h1-12,18,24,33,35H,13-17H2,(H2,32,36)(H,34,37). The van der Waals surface area contributed by atoms with Gasteiger partial charge in [0.25, 0.3) is 15.9 Å². The van der Waals surface area contributed by atoms with Crippen LogP contribution in [0.3, 0.4) is 0 Å². The second-order valence-corrected chi connectivity index (χ2v) is 11.3. The number of halogens is 3. The molecule has 1 fully saturated rings. The molecule has 4 rings (SSSR count). The second-order valence-electron chi connectivity index (χ2n) is 9.61. The van der Waals surface area contributed by atoms with Crippen molar-refractivity contribution in [3.05, 3.63) is 83.9 Å². The zero-order valence-corrected chi connectivity index (χ0v) is 22.6. The third-order valence-corrected chi connectivity index (χ3v) is 8.03. The molecule has 0 aliphatic carbocycles. The highest BCUT2D eigenvalue weighted by Crippen LogP contribution is 2.34. The average molecular weight is 591 g/mol. The van der Waals surface area contributed by atoms with Crippen LogP contribution in [0.1, 0.15) is 35.2 Å². The van der Waals surface area contributed by atoms with Crippen LogP contribution in [-0.4, -0.2) is 39.4 Å². The molecule has 218 valence electrons. The van der Waals surface area contributed by atoms with Gasteiger partial charge in [0.15, 0.2) is 5.75 Å². The van der Waals surface area contributed by atoms with Crippen molar-refractivity contribution in [3.63, 3.8) is 0 Å². The van der Waals surface area contributed by atoms with Crippen LogP contribution < -0.4 is 25.8 Å². The molecule has 1 aliphatic heterocycles. The predicted octanol–water partition coefficient (Wildman–Crippen LogP) is 4.27. The van der Waals surface area contributed by atoms with E-state index in [1.54, 1.807) is 12.1 Å². The van der Waals surface area contributed by atoms with E-state index >= 15 is 0 Å². The molecule has 9 nitrogen and oxygen atoms in total. The van der Waals surface area contributed by atoms with Gasteiger partial charge in [-0.25, -0.2) is 8.42 Å². The molecule has 0 radical (unpaired) electrons. The fourth-order valence-electron chi connectivity index (χ4n) is 4.41. The van der Waals surface area contributed by atoms with E-state index < -0.39 is 39.6 Å². The molecule has 0 aromatic heterocycles. The second kappa shape index (κ2) is 12.6. The fourth-order valence-corrected chi connectivity index (χ4v) is 5.48. The van der Waals surface area contributed by atoms with Crippen LogP contribution in [0.4, 0.5) is 18.9 Å². The van der Waals surface area contributed by atoms with E-state index in [1.807, 2.05) is 0 Å². The van der Waals surface area contributed by atoms with Crippen molar-refractivity contribution in [1.29, 1.82) is 0 Å². The molecule has 5 N–H and O–H groups in total. The fraction of sp³-hybridized carbons (Fsp3) is 0.286.